The van der Waals surface area contributed by atoms with Crippen LogP contribution in [0.25, 0.3) is 16.6 Å². The molecule has 0 aliphatic carbocycles. The number of aryl methyl sites for hydroxylation is 1. The number of hydrogen-bond donors (Lipinski definition) is 1. The van der Waals surface area contributed by atoms with Gasteiger partial charge in [0, 0.05) is 11.1 Å². The second-order valence-electron chi connectivity index (χ2n) is 6.31. The van der Waals surface area contributed by atoms with Crippen LogP contribution in [0.3, 0.4) is 0 Å². The number of anilines is 1. The van der Waals surface area contributed by atoms with E-state index in [9.17, 15) is 4.79 Å². The summed E-state index contributed by atoms with van der Waals surface area (Å²) in [5.41, 5.74) is 3.71. The predicted octanol–water partition coefficient (Wildman–Crippen LogP) is 4.32. The quantitative estimate of drug-likeness (QED) is 0.495. The number of pyridine rings is 1. The molecule has 0 fully saturated rings. The van der Waals surface area contributed by atoms with Crippen molar-refractivity contribution in [2.24, 2.45) is 0 Å². The van der Waals surface area contributed by atoms with Crippen LogP contribution in [0, 0.1) is 6.92 Å². The van der Waals surface area contributed by atoms with Gasteiger partial charge in [-0.25, -0.2) is 0 Å². The molecule has 142 valence electrons. The highest BCUT2D eigenvalue weighted by Crippen LogP contribution is 2.26. The molecule has 0 spiro atoms. The normalized spacial score (nSPS) is 11.1. The largest absolute Gasteiger partial charge is 0.494 e. The molecule has 0 aliphatic rings. The number of amides is 1. The Kier molecular flexibility index (Phi) is 5.16. The summed E-state index contributed by atoms with van der Waals surface area (Å²) in [5.74, 6) is 0.935. The number of para-hydroxylation sites is 1. The van der Waals surface area contributed by atoms with Crippen molar-refractivity contribution in [3.8, 4) is 5.75 Å². The zero-order chi connectivity index (χ0) is 19.5. The Balaban J connectivity index is 1.49. The number of ether oxygens (including phenoxy) is 1. The maximum absolute atomic E-state index is 12.4. The maximum Gasteiger partial charge on any atom is 0.234 e. The van der Waals surface area contributed by atoms with Crippen LogP contribution in [0.2, 0.25) is 0 Å². The fourth-order valence-electron chi connectivity index (χ4n) is 3.10. The van der Waals surface area contributed by atoms with Crippen LogP contribution >= 0.6 is 11.8 Å². The van der Waals surface area contributed by atoms with Gasteiger partial charge in [-0.2, -0.15) is 0 Å². The summed E-state index contributed by atoms with van der Waals surface area (Å²) >= 11 is 1.37. The summed E-state index contributed by atoms with van der Waals surface area (Å²) in [7, 11) is 0. The molecular weight excluding hydrogens is 372 g/mol. The van der Waals surface area contributed by atoms with Gasteiger partial charge < -0.3 is 10.1 Å². The van der Waals surface area contributed by atoms with Gasteiger partial charge in [-0.05, 0) is 55.8 Å². The third kappa shape index (κ3) is 3.66. The van der Waals surface area contributed by atoms with Crippen molar-refractivity contribution < 1.29 is 9.53 Å². The Bertz CT molecular complexity index is 1140. The Hall–Kier alpha value is -3.06. The molecule has 0 bridgehead atoms. The molecule has 0 radical (unpaired) electrons. The third-order valence-electron chi connectivity index (χ3n) is 4.36. The highest BCUT2D eigenvalue weighted by atomic mass is 32.2. The van der Waals surface area contributed by atoms with Crippen LogP contribution in [0.1, 0.15) is 12.5 Å². The van der Waals surface area contributed by atoms with Crippen LogP contribution in [0.4, 0.5) is 5.69 Å². The van der Waals surface area contributed by atoms with Crippen LogP contribution < -0.4 is 10.1 Å². The lowest BCUT2D eigenvalue weighted by atomic mass is 10.1. The van der Waals surface area contributed by atoms with E-state index in [4.69, 9.17) is 4.74 Å². The van der Waals surface area contributed by atoms with E-state index in [1.54, 1.807) is 0 Å². The van der Waals surface area contributed by atoms with Crippen molar-refractivity contribution in [3.05, 3.63) is 60.2 Å². The molecule has 2 aromatic carbocycles. The van der Waals surface area contributed by atoms with Crippen molar-refractivity contribution in [2.45, 2.75) is 19.0 Å². The first-order valence-corrected chi connectivity index (χ1v) is 10.0. The van der Waals surface area contributed by atoms with E-state index >= 15 is 0 Å². The zero-order valence-corrected chi connectivity index (χ0v) is 16.5. The van der Waals surface area contributed by atoms with Crippen molar-refractivity contribution in [3.63, 3.8) is 0 Å². The molecule has 0 atom stereocenters. The molecule has 0 saturated carbocycles. The van der Waals surface area contributed by atoms with Crippen molar-refractivity contribution >= 4 is 39.9 Å². The molecule has 0 aliphatic heterocycles. The highest BCUT2D eigenvalue weighted by molar-refractivity contribution is 7.99. The van der Waals surface area contributed by atoms with E-state index < -0.39 is 0 Å². The molecule has 2 heterocycles. The van der Waals surface area contributed by atoms with Gasteiger partial charge in [0.25, 0.3) is 0 Å². The number of hydrogen-bond acceptors (Lipinski definition) is 5. The Labute approximate surface area is 166 Å². The lowest BCUT2D eigenvalue weighted by molar-refractivity contribution is -0.113. The molecule has 1 N–H and O–H groups in total. The third-order valence-corrected chi connectivity index (χ3v) is 5.28. The maximum atomic E-state index is 12.4. The summed E-state index contributed by atoms with van der Waals surface area (Å²) < 4.78 is 7.41. The Morgan fingerprint density at radius 3 is 2.71 bits per heavy atom. The molecular formula is C21H20N4O2S. The van der Waals surface area contributed by atoms with Crippen LogP contribution in [0.5, 0.6) is 5.75 Å². The first-order valence-electron chi connectivity index (χ1n) is 9.04. The van der Waals surface area contributed by atoms with E-state index in [0.29, 0.717) is 11.8 Å². The molecule has 1 amide bonds. The van der Waals surface area contributed by atoms with Crippen molar-refractivity contribution in [1.29, 1.82) is 0 Å². The highest BCUT2D eigenvalue weighted by Gasteiger charge is 2.13. The molecule has 0 unspecified atom stereocenters. The molecule has 4 rings (SSSR count). The zero-order valence-electron chi connectivity index (χ0n) is 15.7. The number of nitrogens with zero attached hydrogens (tertiary/aromatic N) is 3. The number of carbonyl (C=O) groups excluding carboxylic acids is 1. The van der Waals surface area contributed by atoms with Gasteiger partial charge in [0.05, 0.1) is 17.9 Å². The van der Waals surface area contributed by atoms with Gasteiger partial charge in [0.1, 0.15) is 5.75 Å². The van der Waals surface area contributed by atoms with Crippen molar-refractivity contribution in [2.75, 3.05) is 17.7 Å². The van der Waals surface area contributed by atoms with E-state index in [2.05, 4.69) is 28.5 Å². The van der Waals surface area contributed by atoms with Crippen molar-refractivity contribution in [1.82, 2.24) is 14.6 Å². The Morgan fingerprint density at radius 1 is 1.14 bits per heavy atom. The number of fused-ring (bicyclic) bond motifs is 3. The van der Waals surface area contributed by atoms with Gasteiger partial charge in [-0.3, -0.25) is 9.20 Å². The average Bonchev–Trinajstić information content (AvgIpc) is 3.11. The molecule has 2 aromatic heterocycles. The molecule has 7 heteroatoms. The lowest BCUT2D eigenvalue weighted by Crippen LogP contribution is -2.14. The minimum atomic E-state index is -0.0951. The minimum absolute atomic E-state index is 0.0951. The second-order valence-corrected chi connectivity index (χ2v) is 7.26. The summed E-state index contributed by atoms with van der Waals surface area (Å²) in [6, 6.07) is 17.5. The summed E-state index contributed by atoms with van der Waals surface area (Å²) in [5, 5.41) is 13.3. The molecule has 0 saturated heterocycles. The SMILES string of the molecule is CCOc1ccc(NC(=O)CSc2nnc3cc(C)c4ccccc4n23)cc1. The number of benzene rings is 2. The van der Waals surface area contributed by atoms with Gasteiger partial charge in [0.2, 0.25) is 5.91 Å². The second kappa shape index (κ2) is 7.90. The average molecular weight is 392 g/mol. The number of nitrogens with one attached hydrogen (secondary N) is 1. The fourth-order valence-corrected chi connectivity index (χ4v) is 3.85. The van der Waals surface area contributed by atoms with Gasteiger partial charge >= 0.3 is 0 Å². The fraction of sp³-hybridized carbons (Fsp3) is 0.190. The smallest absolute Gasteiger partial charge is 0.234 e. The Morgan fingerprint density at radius 2 is 1.93 bits per heavy atom. The van der Waals surface area contributed by atoms with Gasteiger partial charge in [-0.15, -0.1) is 10.2 Å². The van der Waals surface area contributed by atoms with Gasteiger partial charge in [0.15, 0.2) is 10.8 Å². The van der Waals surface area contributed by atoms with E-state index in [1.165, 1.54) is 11.8 Å². The first kappa shape index (κ1) is 18.3. The number of carbonyl (C=O) groups is 1. The van der Waals surface area contributed by atoms with Crippen LogP contribution in [-0.2, 0) is 4.79 Å². The summed E-state index contributed by atoms with van der Waals surface area (Å²) in [4.78, 5) is 12.4. The van der Waals surface area contributed by atoms with E-state index in [1.807, 2.05) is 59.9 Å². The number of thioether (sulfide) groups is 1. The summed E-state index contributed by atoms with van der Waals surface area (Å²) in [6.07, 6.45) is 0. The van der Waals surface area contributed by atoms with Gasteiger partial charge in [-0.1, -0.05) is 30.0 Å². The monoisotopic (exact) mass is 392 g/mol. The predicted molar refractivity (Wildman–Crippen MR) is 112 cm³/mol. The van der Waals surface area contributed by atoms with E-state index in [-0.39, 0.29) is 11.7 Å². The van der Waals surface area contributed by atoms with Crippen LogP contribution in [0.15, 0.2) is 59.8 Å². The minimum Gasteiger partial charge on any atom is -0.494 e. The van der Waals surface area contributed by atoms with Crippen LogP contribution in [-0.4, -0.2) is 32.9 Å². The lowest BCUT2D eigenvalue weighted by Gasteiger charge is -2.08. The standard InChI is InChI=1S/C21H20N4O2S/c1-3-27-16-10-8-15(9-11-16)22-20(26)13-28-21-24-23-19-12-14(2)17-6-4-5-7-18(17)25(19)21/h4-12H,3,13H2,1-2H3,(H,22,26). The number of rotatable bonds is 6. The topological polar surface area (TPSA) is 68.5 Å². The van der Waals surface area contributed by atoms with E-state index in [0.717, 1.165) is 33.6 Å². The number of aromatic nitrogens is 3. The summed E-state index contributed by atoms with van der Waals surface area (Å²) in [6.45, 7) is 4.61. The molecule has 6 nitrogen and oxygen atoms in total. The molecule has 28 heavy (non-hydrogen) atoms. The molecule has 4 aromatic rings. The first-order chi connectivity index (χ1) is 13.7.